The van der Waals surface area contributed by atoms with Gasteiger partial charge in [-0.15, -0.1) is 0 Å². The zero-order valence-corrected chi connectivity index (χ0v) is 75.6. The van der Waals surface area contributed by atoms with Gasteiger partial charge in [0.05, 0.1) is 61.2 Å². The number of fused-ring (bicyclic) bond motifs is 13. The third-order valence-electron chi connectivity index (χ3n) is 30.2. The molecule has 0 spiro atoms. The molecule has 0 amide bonds. The van der Waals surface area contributed by atoms with Crippen molar-refractivity contribution in [2.45, 2.75) is 77.0 Å². The molecule has 134 heavy (non-hydrogen) atoms. The van der Waals surface area contributed by atoms with Gasteiger partial charge in [-0.3, -0.25) is 13.7 Å². The Bertz CT molecular complexity index is 8780. The van der Waals surface area contributed by atoms with Crippen molar-refractivity contribution in [3.8, 4) is 163 Å². The van der Waals surface area contributed by atoms with Crippen LogP contribution in [0.5, 0.6) is 0 Å². The van der Waals surface area contributed by atoms with Crippen molar-refractivity contribution in [3.63, 3.8) is 0 Å². The van der Waals surface area contributed by atoms with Crippen LogP contribution in [0.15, 0.2) is 394 Å². The van der Waals surface area contributed by atoms with E-state index in [2.05, 4.69) is 438 Å². The number of anilines is 3. The second-order valence-corrected chi connectivity index (χ2v) is 38.9. The highest BCUT2D eigenvalue weighted by Gasteiger charge is 2.46. The summed E-state index contributed by atoms with van der Waals surface area (Å²) < 4.78 is 7.19. The van der Waals surface area contributed by atoms with E-state index >= 15 is 0 Å². The van der Waals surface area contributed by atoms with E-state index < -0.39 is 0 Å². The van der Waals surface area contributed by atoms with Gasteiger partial charge in [0.25, 0.3) is 0 Å². The molecule has 29 rings (SSSR count). The van der Waals surface area contributed by atoms with Gasteiger partial charge in [-0.2, -0.15) is 0 Å². The summed E-state index contributed by atoms with van der Waals surface area (Å²) in [7, 11) is 0. The van der Waals surface area contributed by atoms with Crippen LogP contribution in [0.3, 0.4) is 0 Å². The van der Waals surface area contributed by atoms with E-state index in [1.807, 2.05) is 30.3 Å². The number of hydrogen-bond donors (Lipinski definition) is 0. The maximum absolute atomic E-state index is 5.37. The Morgan fingerprint density at radius 1 is 0.187 bits per heavy atom. The lowest BCUT2D eigenvalue weighted by Gasteiger charge is -2.28. The maximum atomic E-state index is 5.37. The van der Waals surface area contributed by atoms with Crippen molar-refractivity contribution in [2.75, 3.05) is 4.90 Å². The molecule has 0 radical (unpaired) electrons. The fourth-order valence-electron chi connectivity index (χ4n) is 23.8. The van der Waals surface area contributed by atoms with Crippen LogP contribution < -0.4 is 4.90 Å². The molecule has 18 aromatic carbocycles. The van der Waals surface area contributed by atoms with E-state index in [9.17, 15) is 0 Å². The minimum atomic E-state index is -0.103. The van der Waals surface area contributed by atoms with Crippen molar-refractivity contribution in [3.05, 3.63) is 439 Å². The standard InChI is InChI=1S/C55H41N3.C36H24N4.C34H24N2/c1-54(2)44-18-10-8-15-40(44)41-30-29-39(33-47(41)54)57(37-13-6-5-7-14-37)38-27-25-35(26-28-38)34-21-23-36(24-22-34)53-56-48-32-31-46-51-50-43(17-12-19-45(50)55(46,3)4)42-16-9-11-20-49(42)58(53)52(48)51;1-36(2)24-15-10-14-23-22-13-6-9-18-29(22)40-34-28(20-19-25(36)31(34)30(23)24)39-35(40)33-32(21-11-4-3-5-12-21)37-26-16-7-8-17-27(26)38-33;1-34(2)26-16-9-15-25-24-14-6-7-17-29(24)36-32-28(19-18-27(34)31(32)30(25)26)35-33(36)23-13-8-12-22(20-23)21-10-4-3-5-11-21/h5-33H,1-4H3;3-20H,1-2H3;3-20H,1-2H3. The van der Waals surface area contributed by atoms with Crippen LogP contribution in [0.4, 0.5) is 17.1 Å². The van der Waals surface area contributed by atoms with Crippen LogP contribution in [-0.4, -0.2) is 38.6 Å². The summed E-state index contributed by atoms with van der Waals surface area (Å²) >= 11 is 0. The van der Waals surface area contributed by atoms with Gasteiger partial charge in [0.2, 0.25) is 0 Å². The fraction of sp³-hybridized carbons (Fsp3) is 0.0960. The van der Waals surface area contributed by atoms with Crippen LogP contribution in [-0.2, 0) is 21.7 Å². The molecule has 0 atom stereocenters. The van der Waals surface area contributed by atoms with Crippen molar-refractivity contribution in [2.24, 2.45) is 0 Å². The molecule has 7 heterocycles. The Morgan fingerprint density at radius 3 is 1.02 bits per heavy atom. The summed E-state index contributed by atoms with van der Waals surface area (Å²) in [4.78, 5) is 28.8. The zero-order chi connectivity index (χ0) is 89.5. The van der Waals surface area contributed by atoms with E-state index in [1.54, 1.807) is 0 Å². The molecule has 3 aliphatic heterocycles. The van der Waals surface area contributed by atoms with Crippen LogP contribution in [0.1, 0.15) is 99.9 Å². The molecule has 0 N–H and O–H groups in total. The third kappa shape index (κ3) is 11.0. The molecule has 9 heteroatoms. The highest BCUT2D eigenvalue weighted by atomic mass is 15.2. The first kappa shape index (κ1) is 77.5. The number of benzene rings is 18. The first-order valence-corrected chi connectivity index (χ1v) is 46.7. The summed E-state index contributed by atoms with van der Waals surface area (Å²) in [5.41, 5.74) is 53.9. The Hall–Kier alpha value is -16.5. The minimum absolute atomic E-state index is 0.0519. The lowest BCUT2D eigenvalue weighted by Crippen LogP contribution is -2.16. The molecule has 4 aromatic heterocycles. The number of para-hydroxylation sites is 6. The molecule has 0 fully saturated rings. The summed E-state index contributed by atoms with van der Waals surface area (Å²) in [6.45, 7) is 18.8. The Morgan fingerprint density at radius 2 is 0.515 bits per heavy atom. The van der Waals surface area contributed by atoms with E-state index in [4.69, 9.17) is 24.9 Å². The summed E-state index contributed by atoms with van der Waals surface area (Å²) in [6, 6.07) is 143. The molecule has 634 valence electrons. The molecule has 0 saturated heterocycles. The highest BCUT2D eigenvalue weighted by Crippen LogP contribution is 2.62. The Labute approximate surface area is 778 Å². The van der Waals surface area contributed by atoms with Gasteiger partial charge in [-0.1, -0.05) is 359 Å². The van der Waals surface area contributed by atoms with Crippen LogP contribution in [0.2, 0.25) is 0 Å². The lowest BCUT2D eigenvalue weighted by atomic mass is 9.81. The van der Waals surface area contributed by atoms with Crippen molar-refractivity contribution in [1.29, 1.82) is 0 Å². The quantitative estimate of drug-likeness (QED) is 0.143. The minimum Gasteiger partial charge on any atom is -0.310 e. The monoisotopic (exact) mass is 1720 g/mol. The molecule has 0 saturated carbocycles. The summed E-state index contributed by atoms with van der Waals surface area (Å²) in [5, 5.41) is 0. The fourth-order valence-corrected chi connectivity index (χ4v) is 23.8. The van der Waals surface area contributed by atoms with Gasteiger partial charge in [-0.25, -0.2) is 24.9 Å². The predicted octanol–water partition coefficient (Wildman–Crippen LogP) is 31.7. The van der Waals surface area contributed by atoms with E-state index in [0.29, 0.717) is 0 Å². The Balaban J connectivity index is 0.000000106. The zero-order valence-electron chi connectivity index (χ0n) is 75.6. The topological polar surface area (TPSA) is 82.5 Å². The predicted molar refractivity (Wildman–Crippen MR) is 551 cm³/mol. The molecule has 0 bridgehead atoms. The molecule has 7 aliphatic rings. The van der Waals surface area contributed by atoms with E-state index in [-0.39, 0.29) is 21.7 Å². The second-order valence-electron chi connectivity index (χ2n) is 38.9. The normalized spacial score (nSPS) is 14.2. The molecule has 4 aliphatic carbocycles. The second kappa shape index (κ2) is 28.5. The molecular formula is C125H89N9. The summed E-state index contributed by atoms with van der Waals surface area (Å²) in [6.07, 6.45) is 0. The van der Waals surface area contributed by atoms with Gasteiger partial charge in [0.1, 0.15) is 23.0 Å². The van der Waals surface area contributed by atoms with Crippen LogP contribution in [0.25, 0.3) is 207 Å². The average molecular weight is 1720 g/mol. The first-order valence-electron chi connectivity index (χ1n) is 46.7. The summed E-state index contributed by atoms with van der Waals surface area (Å²) in [5.74, 6) is 2.77. The largest absolute Gasteiger partial charge is 0.310 e. The van der Waals surface area contributed by atoms with Gasteiger partial charge >= 0.3 is 0 Å². The number of nitrogens with zero attached hydrogens (tertiary/aromatic N) is 9. The number of rotatable bonds is 9. The SMILES string of the molecule is CC1(C)c2cccc3c2-c2c1ccc1nc(-c4cccc(-c5ccccc5)c4)n(c21)-c1ccccc1-3.CC1(C)c2cccc3c2-c2c1ccc1nc(-c4nc5ccccc5nc4-c4ccccc4)n(c21)-c1ccccc1-3.CC1(C)c2ccccc2-c2ccc(N(c3ccccc3)c3ccc(-c4ccc(-c5nc6ccc7c8c6n5-c5ccccc5-c5cccc(c5-8)C7(C)C)cc4)cc3)cc21. The van der Waals surface area contributed by atoms with E-state index in [1.165, 1.54) is 167 Å². The number of hydrogen-bond acceptors (Lipinski definition) is 6. The van der Waals surface area contributed by atoms with Crippen molar-refractivity contribution >= 4 is 61.2 Å². The molecule has 22 aromatic rings. The van der Waals surface area contributed by atoms with Gasteiger partial charge < -0.3 is 4.90 Å². The third-order valence-corrected chi connectivity index (χ3v) is 30.2. The maximum Gasteiger partial charge on any atom is 0.166 e. The molecule has 9 nitrogen and oxygen atoms in total. The molecular weight excluding hydrogens is 1630 g/mol. The average Bonchev–Trinajstić information content (AvgIpc) is 1.53. The van der Waals surface area contributed by atoms with Crippen LogP contribution >= 0.6 is 0 Å². The first-order chi connectivity index (χ1) is 65.5. The van der Waals surface area contributed by atoms with Crippen LogP contribution in [0, 0.1) is 0 Å². The lowest BCUT2D eigenvalue weighted by molar-refractivity contribution is 0.660. The molecule has 0 unspecified atom stereocenters. The van der Waals surface area contributed by atoms with Gasteiger partial charge in [0.15, 0.2) is 5.82 Å². The van der Waals surface area contributed by atoms with Gasteiger partial charge in [-0.05, 0) is 202 Å². The highest BCUT2D eigenvalue weighted by molar-refractivity contribution is 6.13. The van der Waals surface area contributed by atoms with Crippen molar-refractivity contribution in [1.82, 2.24) is 38.6 Å². The number of aromatic nitrogens is 8. The van der Waals surface area contributed by atoms with Gasteiger partial charge in [0, 0.05) is 88.8 Å². The smallest absolute Gasteiger partial charge is 0.166 e. The van der Waals surface area contributed by atoms with E-state index in [0.717, 1.165) is 101 Å². The Kier molecular flexibility index (Phi) is 16.5. The van der Waals surface area contributed by atoms with Crippen molar-refractivity contribution < 1.29 is 0 Å². The number of imidazole rings is 3.